The Morgan fingerprint density at radius 3 is 2.27 bits per heavy atom. The summed E-state index contributed by atoms with van der Waals surface area (Å²) in [4.78, 5) is 26.8. The Morgan fingerprint density at radius 1 is 1.10 bits per heavy atom. The first-order chi connectivity index (χ1) is 14.2. The van der Waals surface area contributed by atoms with Crippen LogP contribution in [0, 0.1) is 13.8 Å². The van der Waals surface area contributed by atoms with Gasteiger partial charge in [0.1, 0.15) is 0 Å². The second-order valence-electron chi connectivity index (χ2n) is 7.78. The van der Waals surface area contributed by atoms with Crippen molar-refractivity contribution < 1.29 is 22.8 Å². The van der Waals surface area contributed by atoms with Crippen LogP contribution < -0.4 is 10.2 Å². The summed E-state index contributed by atoms with van der Waals surface area (Å²) in [6.45, 7) is 3.49. The molecule has 1 aromatic carbocycles. The third kappa shape index (κ3) is 5.22. The van der Waals surface area contributed by atoms with Crippen LogP contribution in [0.3, 0.4) is 0 Å². The lowest BCUT2D eigenvalue weighted by atomic mass is 9.95. The van der Waals surface area contributed by atoms with Gasteiger partial charge in [-0.05, 0) is 61.4 Å². The Morgan fingerprint density at radius 2 is 1.73 bits per heavy atom. The zero-order valence-corrected chi connectivity index (χ0v) is 17.8. The summed E-state index contributed by atoms with van der Waals surface area (Å²) in [5.41, 5.74) is 1.48. The number of alkyl halides is 3. The molecule has 1 aliphatic rings. The van der Waals surface area contributed by atoms with Crippen molar-refractivity contribution in [1.82, 2.24) is 5.32 Å². The summed E-state index contributed by atoms with van der Waals surface area (Å²) in [5, 5.41) is 4.59. The largest absolute Gasteiger partial charge is 0.471 e. The summed E-state index contributed by atoms with van der Waals surface area (Å²) in [5.74, 6) is -2.63. The Hall–Kier alpha value is -2.35. The molecule has 2 amide bonds. The number of amides is 2. The van der Waals surface area contributed by atoms with Crippen molar-refractivity contribution in [1.29, 1.82) is 0 Å². The monoisotopic (exact) mass is 438 g/mol. The fraction of sp³-hybridized carbons (Fsp3) is 0.455. The Labute approximate surface area is 178 Å². The second-order valence-corrected chi connectivity index (χ2v) is 8.76. The lowest BCUT2D eigenvalue weighted by molar-refractivity contribution is -0.171. The average molecular weight is 439 g/mol. The van der Waals surface area contributed by atoms with Gasteiger partial charge in [0.2, 0.25) is 5.91 Å². The van der Waals surface area contributed by atoms with Crippen LogP contribution in [0.25, 0.3) is 0 Å². The van der Waals surface area contributed by atoms with E-state index in [-0.39, 0.29) is 11.7 Å². The number of carbonyl (C=O) groups excluding carboxylic acids is 2. The minimum absolute atomic E-state index is 0.0621. The number of aryl methyl sites for hydroxylation is 2. The summed E-state index contributed by atoms with van der Waals surface area (Å²) < 4.78 is 40.8. The molecule has 1 saturated carbocycles. The number of rotatable bonds is 5. The zero-order valence-electron chi connectivity index (χ0n) is 17.0. The maximum atomic E-state index is 13.6. The zero-order chi connectivity index (χ0) is 21.9. The van der Waals surface area contributed by atoms with Gasteiger partial charge in [-0.2, -0.15) is 13.2 Å². The molecule has 162 valence electrons. The molecule has 0 unspecified atom stereocenters. The molecule has 2 aromatic rings. The van der Waals surface area contributed by atoms with Gasteiger partial charge in [0.25, 0.3) is 0 Å². The Kier molecular flexibility index (Phi) is 6.85. The summed E-state index contributed by atoms with van der Waals surface area (Å²) in [7, 11) is 0. The maximum Gasteiger partial charge on any atom is 0.471 e. The fourth-order valence-corrected chi connectivity index (χ4v) is 4.77. The van der Waals surface area contributed by atoms with Crippen LogP contribution in [-0.2, 0) is 9.59 Å². The third-order valence-corrected chi connectivity index (χ3v) is 6.14. The van der Waals surface area contributed by atoms with Crippen LogP contribution in [-0.4, -0.2) is 24.0 Å². The van der Waals surface area contributed by atoms with Gasteiger partial charge in [-0.15, -0.1) is 11.3 Å². The molecule has 1 atom stereocenters. The highest BCUT2D eigenvalue weighted by atomic mass is 32.1. The van der Waals surface area contributed by atoms with Gasteiger partial charge in [0.05, 0.1) is 0 Å². The van der Waals surface area contributed by atoms with Crippen molar-refractivity contribution in [3.63, 3.8) is 0 Å². The quantitative estimate of drug-likeness (QED) is 0.675. The van der Waals surface area contributed by atoms with Gasteiger partial charge in [-0.1, -0.05) is 31.4 Å². The molecule has 0 saturated heterocycles. The molecule has 0 bridgehead atoms. The maximum absolute atomic E-state index is 13.6. The van der Waals surface area contributed by atoms with Gasteiger partial charge in [-0.25, -0.2) is 0 Å². The highest BCUT2D eigenvalue weighted by Crippen LogP contribution is 2.35. The SMILES string of the molecule is Cc1cc(C)cc(N(C(=O)C(F)(F)F)[C@H](C(=O)NC2CCCCC2)c2cccs2)c1. The molecule has 0 spiro atoms. The number of hydrogen-bond donors (Lipinski definition) is 1. The van der Waals surface area contributed by atoms with Gasteiger partial charge in [0, 0.05) is 16.6 Å². The van der Waals surface area contributed by atoms with E-state index in [0.29, 0.717) is 20.9 Å². The van der Waals surface area contributed by atoms with Crippen molar-refractivity contribution in [2.45, 2.75) is 64.2 Å². The predicted molar refractivity (Wildman–Crippen MR) is 112 cm³/mol. The first-order valence-corrected chi connectivity index (χ1v) is 10.9. The van der Waals surface area contributed by atoms with Gasteiger partial charge in [0.15, 0.2) is 6.04 Å². The number of anilines is 1. The molecular formula is C22H25F3N2O2S. The first kappa shape index (κ1) is 22.3. The molecule has 1 heterocycles. The van der Waals surface area contributed by atoms with E-state index in [1.807, 2.05) is 6.07 Å². The topological polar surface area (TPSA) is 49.4 Å². The molecule has 1 N–H and O–H groups in total. The van der Waals surface area contributed by atoms with Crippen molar-refractivity contribution in [3.05, 3.63) is 51.7 Å². The van der Waals surface area contributed by atoms with E-state index in [9.17, 15) is 22.8 Å². The second kappa shape index (κ2) is 9.20. The van der Waals surface area contributed by atoms with Crippen molar-refractivity contribution >= 4 is 28.8 Å². The molecule has 1 aliphatic carbocycles. The van der Waals surface area contributed by atoms with Crippen molar-refractivity contribution in [2.75, 3.05) is 4.90 Å². The molecular weight excluding hydrogens is 413 g/mol. The summed E-state index contributed by atoms with van der Waals surface area (Å²) in [6, 6.07) is 6.60. The summed E-state index contributed by atoms with van der Waals surface area (Å²) >= 11 is 1.16. The molecule has 1 fully saturated rings. The van der Waals surface area contributed by atoms with Gasteiger partial charge in [-0.3, -0.25) is 14.5 Å². The molecule has 0 aliphatic heterocycles. The molecule has 3 rings (SSSR count). The van der Waals surface area contributed by atoms with Crippen LogP contribution in [0.5, 0.6) is 0 Å². The standard InChI is InChI=1S/C22H25F3N2O2S/c1-14-11-15(2)13-17(12-14)27(21(29)22(23,24)25)19(18-9-6-10-30-18)20(28)26-16-7-4-3-5-8-16/h6,9-13,16,19H,3-5,7-8H2,1-2H3,(H,26,28)/t19-/m0/s1. The lowest BCUT2D eigenvalue weighted by Gasteiger charge is -2.33. The van der Waals surface area contributed by atoms with Crippen LogP contribution in [0.4, 0.5) is 18.9 Å². The first-order valence-electron chi connectivity index (χ1n) is 9.99. The van der Waals surface area contributed by atoms with Crippen LogP contribution in [0.1, 0.15) is 54.1 Å². The fourth-order valence-electron chi connectivity index (χ4n) is 3.96. The van der Waals surface area contributed by atoms with Crippen molar-refractivity contribution in [2.24, 2.45) is 0 Å². The predicted octanol–water partition coefficient (Wildman–Crippen LogP) is 5.45. The molecule has 1 aromatic heterocycles. The minimum atomic E-state index is -5.11. The number of hydrogen-bond acceptors (Lipinski definition) is 3. The molecule has 30 heavy (non-hydrogen) atoms. The van der Waals surface area contributed by atoms with Gasteiger partial charge >= 0.3 is 12.1 Å². The minimum Gasteiger partial charge on any atom is -0.351 e. The van der Waals surface area contributed by atoms with E-state index >= 15 is 0 Å². The molecule has 0 radical (unpaired) electrons. The van der Waals surface area contributed by atoms with E-state index in [4.69, 9.17) is 0 Å². The smallest absolute Gasteiger partial charge is 0.351 e. The number of carbonyl (C=O) groups is 2. The van der Waals surface area contributed by atoms with Crippen LogP contribution >= 0.6 is 11.3 Å². The highest BCUT2D eigenvalue weighted by Gasteiger charge is 2.48. The van der Waals surface area contributed by atoms with E-state index in [0.717, 1.165) is 43.4 Å². The normalized spacial score (nSPS) is 16.2. The van der Waals surface area contributed by atoms with E-state index in [2.05, 4.69) is 5.32 Å². The van der Waals surface area contributed by atoms with E-state index in [1.54, 1.807) is 31.4 Å². The van der Waals surface area contributed by atoms with E-state index < -0.39 is 24.0 Å². The van der Waals surface area contributed by atoms with Gasteiger partial charge < -0.3 is 5.32 Å². The Balaban J connectivity index is 2.06. The average Bonchev–Trinajstić information content (AvgIpc) is 3.18. The molecule has 4 nitrogen and oxygen atoms in total. The van der Waals surface area contributed by atoms with Crippen LogP contribution in [0.15, 0.2) is 35.7 Å². The number of benzene rings is 1. The van der Waals surface area contributed by atoms with E-state index in [1.165, 1.54) is 12.1 Å². The molecule has 8 heteroatoms. The number of nitrogens with zero attached hydrogens (tertiary/aromatic N) is 1. The third-order valence-electron chi connectivity index (χ3n) is 5.22. The summed E-state index contributed by atoms with van der Waals surface area (Å²) in [6.07, 6.45) is -0.507. The number of halogens is 3. The van der Waals surface area contributed by atoms with Crippen LogP contribution in [0.2, 0.25) is 0 Å². The highest BCUT2D eigenvalue weighted by molar-refractivity contribution is 7.10. The van der Waals surface area contributed by atoms with Crippen molar-refractivity contribution in [3.8, 4) is 0 Å². The lowest BCUT2D eigenvalue weighted by Crippen LogP contribution is -2.50. The number of thiophene rings is 1. The Bertz CT molecular complexity index is 870. The number of nitrogens with one attached hydrogen (secondary N) is 1.